The summed E-state index contributed by atoms with van der Waals surface area (Å²) in [5, 5.41) is 6.09. The number of halogens is 8. The van der Waals surface area contributed by atoms with Crippen LogP contribution in [0.2, 0.25) is 5.02 Å². The second-order valence-corrected chi connectivity index (χ2v) is 9.78. The number of Topliss-reactive ketones (excluding diaryl/α,β-unsaturated/α-hetero) is 1. The maximum Gasteiger partial charge on any atom is 0.419 e. The van der Waals surface area contributed by atoms with E-state index in [0.29, 0.717) is 28.1 Å². The Hall–Kier alpha value is -3.67. The predicted octanol–water partition coefficient (Wildman–Crippen LogP) is 7.33. The highest BCUT2D eigenvalue weighted by molar-refractivity contribution is 6.31. The number of oxime groups is 1. The Morgan fingerprint density at radius 3 is 2.35 bits per heavy atom. The Labute approximate surface area is 227 Å². The summed E-state index contributed by atoms with van der Waals surface area (Å²) in [6, 6.07) is 11.4. The third-order valence-electron chi connectivity index (χ3n) is 6.41. The lowest BCUT2D eigenvalue weighted by atomic mass is 9.86. The Morgan fingerprint density at radius 1 is 1.02 bits per heavy atom. The summed E-state index contributed by atoms with van der Waals surface area (Å²) in [6.07, 6.45) is -10.3. The van der Waals surface area contributed by atoms with Crippen LogP contribution in [-0.4, -0.2) is 30.1 Å². The molecule has 1 aliphatic rings. The van der Waals surface area contributed by atoms with E-state index >= 15 is 0 Å². The first-order valence-electron chi connectivity index (χ1n) is 11.8. The predicted molar refractivity (Wildman–Crippen MR) is 133 cm³/mol. The summed E-state index contributed by atoms with van der Waals surface area (Å²) in [5.74, 6) is -2.98. The Kier molecular flexibility index (Phi) is 7.85. The van der Waals surface area contributed by atoms with Crippen molar-refractivity contribution >= 4 is 39.8 Å². The number of fused-ring (bicyclic) bond motifs is 1. The molecule has 0 saturated heterocycles. The van der Waals surface area contributed by atoms with Gasteiger partial charge in [0, 0.05) is 36.0 Å². The number of amides is 1. The van der Waals surface area contributed by atoms with Crippen LogP contribution in [-0.2, 0) is 21.4 Å². The molecule has 212 valence electrons. The zero-order chi connectivity index (χ0) is 29.5. The van der Waals surface area contributed by atoms with E-state index in [1.807, 2.05) is 0 Å². The maximum atomic E-state index is 14.1. The number of alkyl halides is 6. The van der Waals surface area contributed by atoms with Crippen molar-refractivity contribution in [3.8, 4) is 0 Å². The SMILES string of the molecule is C[C@@]1(c2cc(Cl)c(F)c(C(F)(F)F)c2)CC(c2ccc(C(=O)CCC(=O)NCC(F)(F)F)c3ccccc23)=NO1. The number of carbonyl (C=O) groups excluding carboxylic acids is 2. The van der Waals surface area contributed by atoms with Crippen molar-refractivity contribution in [1.82, 2.24) is 5.32 Å². The van der Waals surface area contributed by atoms with E-state index < -0.39 is 59.0 Å². The van der Waals surface area contributed by atoms with Crippen molar-refractivity contribution in [3.05, 3.63) is 81.6 Å². The van der Waals surface area contributed by atoms with Crippen molar-refractivity contribution < 1.29 is 45.2 Å². The first kappa shape index (κ1) is 29.3. The van der Waals surface area contributed by atoms with Gasteiger partial charge in [-0.05, 0) is 29.8 Å². The molecule has 1 atom stereocenters. The average molecular weight is 589 g/mol. The molecule has 13 heteroatoms. The highest BCUT2D eigenvalue weighted by Crippen LogP contribution is 2.42. The Morgan fingerprint density at radius 2 is 1.70 bits per heavy atom. The van der Waals surface area contributed by atoms with Gasteiger partial charge in [-0.2, -0.15) is 26.3 Å². The quantitative estimate of drug-likeness (QED) is 0.232. The van der Waals surface area contributed by atoms with Crippen LogP contribution in [0.5, 0.6) is 0 Å². The van der Waals surface area contributed by atoms with Gasteiger partial charge in [-0.3, -0.25) is 9.59 Å². The van der Waals surface area contributed by atoms with Crippen molar-refractivity contribution in [2.75, 3.05) is 6.54 Å². The molecule has 0 unspecified atom stereocenters. The molecule has 3 aromatic rings. The summed E-state index contributed by atoms with van der Waals surface area (Å²) in [4.78, 5) is 30.1. The molecule has 5 nitrogen and oxygen atoms in total. The standard InChI is InChI=1S/C27H20ClF7N2O3/c1-25(14-10-19(27(33,34)35)24(29)20(28)11-14)12-21(37-40-25)17-6-7-18(16-5-3-2-4-15(16)17)22(38)8-9-23(39)36-13-26(30,31)32/h2-7,10-11H,8-9,12-13H2,1H3,(H,36,39)/t25-/m0/s1. The molecule has 0 saturated carbocycles. The van der Waals surface area contributed by atoms with Crippen LogP contribution in [0.4, 0.5) is 30.7 Å². The van der Waals surface area contributed by atoms with Crippen molar-refractivity contribution in [2.24, 2.45) is 5.16 Å². The lowest BCUT2D eigenvalue weighted by Crippen LogP contribution is -2.33. The van der Waals surface area contributed by atoms with Crippen LogP contribution in [0.1, 0.15) is 53.2 Å². The lowest BCUT2D eigenvalue weighted by Gasteiger charge is -2.24. The molecule has 4 rings (SSSR count). The van der Waals surface area contributed by atoms with E-state index in [0.717, 1.165) is 6.07 Å². The number of carbonyl (C=O) groups is 2. The number of hydrogen-bond acceptors (Lipinski definition) is 4. The molecule has 0 spiro atoms. The van der Waals surface area contributed by atoms with Gasteiger partial charge in [0.15, 0.2) is 17.2 Å². The van der Waals surface area contributed by atoms with Crippen LogP contribution in [0, 0.1) is 5.82 Å². The highest BCUT2D eigenvalue weighted by Gasteiger charge is 2.42. The summed E-state index contributed by atoms with van der Waals surface area (Å²) in [7, 11) is 0. The number of benzene rings is 3. The minimum atomic E-state index is -4.99. The summed E-state index contributed by atoms with van der Waals surface area (Å²) in [6.45, 7) is -0.0143. The monoisotopic (exact) mass is 588 g/mol. The van der Waals surface area contributed by atoms with E-state index in [9.17, 15) is 40.3 Å². The molecule has 0 aliphatic carbocycles. The topological polar surface area (TPSA) is 67.8 Å². The number of nitrogens with one attached hydrogen (secondary N) is 1. The molecule has 40 heavy (non-hydrogen) atoms. The van der Waals surface area contributed by atoms with Gasteiger partial charge >= 0.3 is 12.4 Å². The summed E-state index contributed by atoms with van der Waals surface area (Å²) < 4.78 is 91.1. The fourth-order valence-corrected chi connectivity index (χ4v) is 4.60. The molecule has 0 radical (unpaired) electrons. The molecule has 1 heterocycles. The van der Waals surface area contributed by atoms with Crippen LogP contribution in [0.25, 0.3) is 10.8 Å². The summed E-state index contributed by atoms with van der Waals surface area (Å²) >= 11 is 5.75. The second kappa shape index (κ2) is 10.7. The van der Waals surface area contributed by atoms with E-state index in [-0.39, 0.29) is 24.0 Å². The second-order valence-electron chi connectivity index (χ2n) is 9.38. The van der Waals surface area contributed by atoms with Crippen LogP contribution in [0.3, 0.4) is 0 Å². The number of hydrogen-bond donors (Lipinski definition) is 1. The smallest absolute Gasteiger partial charge is 0.384 e. The Bertz CT molecular complexity index is 1520. The molecule has 3 aromatic carbocycles. The average Bonchev–Trinajstić information content (AvgIpc) is 3.28. The maximum absolute atomic E-state index is 14.1. The van der Waals surface area contributed by atoms with Gasteiger partial charge in [-0.1, -0.05) is 53.2 Å². The molecule has 1 N–H and O–H groups in total. The molecule has 1 amide bonds. The molecule has 0 aromatic heterocycles. The van der Waals surface area contributed by atoms with Gasteiger partial charge in [-0.25, -0.2) is 4.39 Å². The summed E-state index contributed by atoms with van der Waals surface area (Å²) in [5.41, 5.74) is -1.89. The van der Waals surface area contributed by atoms with E-state index in [4.69, 9.17) is 16.4 Å². The zero-order valence-electron chi connectivity index (χ0n) is 20.6. The minimum Gasteiger partial charge on any atom is -0.384 e. The highest BCUT2D eigenvalue weighted by atomic mass is 35.5. The first-order valence-corrected chi connectivity index (χ1v) is 12.2. The number of rotatable bonds is 7. The molecular weight excluding hydrogens is 569 g/mol. The lowest BCUT2D eigenvalue weighted by molar-refractivity contribution is -0.140. The van der Waals surface area contributed by atoms with E-state index in [1.54, 1.807) is 35.6 Å². The van der Waals surface area contributed by atoms with E-state index in [2.05, 4.69) is 5.16 Å². The van der Waals surface area contributed by atoms with Crippen LogP contribution in [0.15, 0.2) is 53.7 Å². The van der Waals surface area contributed by atoms with Crippen LogP contribution >= 0.6 is 11.6 Å². The number of ketones is 1. The number of nitrogens with zero attached hydrogens (tertiary/aromatic N) is 1. The fraction of sp³-hybridized carbons (Fsp3) is 0.296. The van der Waals surface area contributed by atoms with Gasteiger partial charge in [0.1, 0.15) is 6.54 Å². The van der Waals surface area contributed by atoms with E-state index in [1.165, 1.54) is 13.0 Å². The van der Waals surface area contributed by atoms with Gasteiger partial charge in [-0.15, -0.1) is 0 Å². The fourth-order valence-electron chi connectivity index (χ4n) is 4.38. The molecule has 1 aliphatic heterocycles. The third kappa shape index (κ3) is 6.22. The van der Waals surface area contributed by atoms with Gasteiger partial charge < -0.3 is 10.2 Å². The van der Waals surface area contributed by atoms with Crippen molar-refractivity contribution in [1.29, 1.82) is 0 Å². The van der Waals surface area contributed by atoms with Crippen LogP contribution < -0.4 is 5.32 Å². The molecular formula is C27H20ClF7N2O3. The largest absolute Gasteiger partial charge is 0.419 e. The Balaban J connectivity index is 1.58. The van der Waals surface area contributed by atoms with Gasteiger partial charge in [0.05, 0.1) is 16.3 Å². The zero-order valence-corrected chi connectivity index (χ0v) is 21.4. The molecule has 0 fully saturated rings. The van der Waals surface area contributed by atoms with Crippen molar-refractivity contribution in [3.63, 3.8) is 0 Å². The third-order valence-corrected chi connectivity index (χ3v) is 6.68. The first-order chi connectivity index (χ1) is 18.6. The van der Waals surface area contributed by atoms with Gasteiger partial charge in [0.2, 0.25) is 5.91 Å². The van der Waals surface area contributed by atoms with Crippen molar-refractivity contribution in [2.45, 2.75) is 44.1 Å². The molecule has 0 bridgehead atoms. The normalized spacial score (nSPS) is 17.5. The van der Waals surface area contributed by atoms with Gasteiger partial charge in [0.25, 0.3) is 0 Å². The minimum absolute atomic E-state index is 0.0110.